The molecule has 0 bridgehead atoms. The van der Waals surface area contributed by atoms with E-state index in [1.54, 1.807) is 19.1 Å². The third-order valence-corrected chi connectivity index (χ3v) is 4.62. The number of carbonyl (C=O) groups excluding carboxylic acids is 3. The number of nitrogens with two attached hydrogens (primary N) is 1. The lowest BCUT2D eigenvalue weighted by molar-refractivity contribution is -0.133. The number of hydrogen-bond donors (Lipinski definition) is 6. The van der Waals surface area contributed by atoms with Gasteiger partial charge < -0.3 is 36.0 Å². The Morgan fingerprint density at radius 3 is 1.65 bits per heavy atom. The van der Waals surface area contributed by atoms with E-state index in [0.29, 0.717) is 13.2 Å². The van der Waals surface area contributed by atoms with Crippen LogP contribution in [0.2, 0.25) is 0 Å². The van der Waals surface area contributed by atoms with Crippen molar-refractivity contribution in [1.29, 1.82) is 0 Å². The first kappa shape index (κ1) is 43.4. The molecular weight excluding hydrogens is 530 g/mol. The molecule has 2 unspecified atom stereocenters. The van der Waals surface area contributed by atoms with Crippen molar-refractivity contribution in [3.8, 4) is 0 Å². The number of aliphatic carboxylic acids is 2. The van der Waals surface area contributed by atoms with Crippen LogP contribution in [0.1, 0.15) is 60.8 Å². The van der Waals surface area contributed by atoms with Crippen molar-refractivity contribution in [3.05, 3.63) is 24.3 Å². The minimum Gasteiger partial charge on any atom is -0.478 e. The van der Waals surface area contributed by atoms with E-state index >= 15 is 0 Å². The number of aliphatic hydroxyl groups excluding tert-OH is 3. The number of carboxylic acid groups (broad SMARTS) is 2. The molecule has 0 aromatic carbocycles. The molecule has 230 valence electrons. The number of ether oxygens (including phenoxy) is 1. The van der Waals surface area contributed by atoms with E-state index in [-0.39, 0.29) is 41.2 Å². The maximum atomic E-state index is 10.3. The molecule has 1 aliphatic rings. The predicted octanol–water partition coefficient (Wildman–Crippen LogP) is 1.97. The lowest BCUT2D eigenvalue weighted by Crippen LogP contribution is -2.39. The Kier molecular flexibility index (Phi) is 26.4. The topological polar surface area (TPSA) is 246 Å². The zero-order valence-electron chi connectivity index (χ0n) is 24.2. The number of nitrogens with zero attached hydrogens (tertiary/aromatic N) is 2. The Hall–Kier alpha value is -3.67. The maximum absolute atomic E-state index is 10.3. The lowest BCUT2D eigenvalue weighted by Gasteiger charge is -2.44. The monoisotopic (exact) mass is 575 g/mol. The molecular formula is C26H45N3O11. The summed E-state index contributed by atoms with van der Waals surface area (Å²) in [6.07, 6.45) is 4.22. The van der Waals surface area contributed by atoms with Gasteiger partial charge in [0.25, 0.3) is 0 Å². The summed E-state index contributed by atoms with van der Waals surface area (Å²) in [6, 6.07) is 0.00750. The molecule has 1 rings (SSSR count). The van der Waals surface area contributed by atoms with Crippen LogP contribution in [0.3, 0.4) is 0 Å². The second-order valence-corrected chi connectivity index (χ2v) is 9.78. The molecule has 7 N–H and O–H groups in total. The second-order valence-electron chi connectivity index (χ2n) is 9.78. The molecule has 0 heterocycles. The van der Waals surface area contributed by atoms with Gasteiger partial charge >= 0.3 is 18.0 Å². The third-order valence-electron chi connectivity index (χ3n) is 4.62. The molecule has 0 aromatic heterocycles. The molecule has 14 heteroatoms. The fourth-order valence-corrected chi connectivity index (χ4v) is 3.29. The van der Waals surface area contributed by atoms with E-state index in [4.69, 9.17) is 25.5 Å². The lowest BCUT2D eigenvalue weighted by atomic mass is 9.63. The van der Waals surface area contributed by atoms with Gasteiger partial charge in [0, 0.05) is 11.1 Å². The van der Waals surface area contributed by atoms with E-state index in [2.05, 4.69) is 54.4 Å². The van der Waals surface area contributed by atoms with Gasteiger partial charge in [-0.05, 0) is 50.9 Å². The zero-order valence-corrected chi connectivity index (χ0v) is 24.2. The number of amides is 1. The van der Waals surface area contributed by atoms with Crippen molar-refractivity contribution in [2.45, 2.75) is 73.0 Å². The van der Waals surface area contributed by atoms with E-state index in [0.717, 1.165) is 19.3 Å². The highest BCUT2D eigenvalue weighted by Crippen LogP contribution is 2.47. The van der Waals surface area contributed by atoms with Crippen LogP contribution in [0.25, 0.3) is 0 Å². The highest BCUT2D eigenvalue weighted by molar-refractivity contribution is 5.85. The first-order valence-corrected chi connectivity index (χ1v) is 12.0. The van der Waals surface area contributed by atoms with Crippen LogP contribution in [0.4, 0.5) is 4.79 Å². The quantitative estimate of drug-likeness (QED) is 0.139. The minimum atomic E-state index is -0.954. The molecule has 0 aliphatic heterocycles. The average molecular weight is 576 g/mol. The summed E-state index contributed by atoms with van der Waals surface area (Å²) >= 11 is 0. The Morgan fingerprint density at radius 2 is 1.43 bits per heavy atom. The Labute approximate surface area is 235 Å². The van der Waals surface area contributed by atoms with Gasteiger partial charge in [0.05, 0.1) is 32.4 Å². The van der Waals surface area contributed by atoms with Gasteiger partial charge in [-0.1, -0.05) is 33.9 Å². The van der Waals surface area contributed by atoms with Gasteiger partial charge in [-0.25, -0.2) is 34.0 Å². The minimum absolute atomic E-state index is 0.00750. The fraction of sp³-hybridized carbons (Fsp3) is 0.654. The van der Waals surface area contributed by atoms with Crippen molar-refractivity contribution >= 4 is 30.2 Å². The summed E-state index contributed by atoms with van der Waals surface area (Å²) in [6.45, 7) is 17.4. The van der Waals surface area contributed by atoms with Crippen molar-refractivity contribution < 1.29 is 54.2 Å². The normalized spacial score (nSPS) is 17.8. The van der Waals surface area contributed by atoms with Crippen LogP contribution in [0.5, 0.6) is 0 Å². The molecule has 1 aliphatic carbocycles. The standard InChI is InChI=1S/C12H18N2O2.2C4H6O2.C3H7NO2.C3H8O3/c1-11(2)4-10(14-9-16)5-12(3,6-11)7-13-8-15;2*1-3(2)4(5)6;1-2-6-3(4)5;4-1-3(6)2-5/h10H,4-7H2,1-3H3;2*1H2,2H3,(H,5,6);2H2,1H3,(H2,4,5);3-6H,1-2H2. The molecule has 2 atom stereocenters. The number of rotatable bonds is 8. The first-order valence-electron chi connectivity index (χ1n) is 12.0. The van der Waals surface area contributed by atoms with E-state index < -0.39 is 24.1 Å². The number of isocyanates is 2. The van der Waals surface area contributed by atoms with Gasteiger partial charge in [-0.15, -0.1) is 0 Å². The zero-order chi connectivity index (χ0) is 32.5. The summed E-state index contributed by atoms with van der Waals surface area (Å²) < 4.78 is 4.18. The average Bonchev–Trinajstić information content (AvgIpc) is 2.82. The summed E-state index contributed by atoms with van der Waals surface area (Å²) in [5.74, 6) is -1.87. The summed E-state index contributed by atoms with van der Waals surface area (Å²) in [7, 11) is 0. The summed E-state index contributed by atoms with van der Waals surface area (Å²) in [4.78, 5) is 56.8. The number of hydrogen-bond acceptors (Lipinski definition) is 11. The van der Waals surface area contributed by atoms with Crippen molar-refractivity contribution in [2.24, 2.45) is 26.5 Å². The highest BCUT2D eigenvalue weighted by atomic mass is 16.5. The molecule has 0 radical (unpaired) electrons. The molecule has 1 saturated carbocycles. The van der Waals surface area contributed by atoms with Gasteiger partial charge in [0.2, 0.25) is 12.2 Å². The van der Waals surface area contributed by atoms with Crippen molar-refractivity contribution in [3.63, 3.8) is 0 Å². The second kappa shape index (κ2) is 24.4. The Balaban J connectivity index is -0.000000226. The number of primary amides is 1. The Morgan fingerprint density at radius 1 is 1.00 bits per heavy atom. The van der Waals surface area contributed by atoms with Crippen LogP contribution < -0.4 is 5.73 Å². The third kappa shape index (κ3) is 30.6. The number of aliphatic hydroxyl groups is 3. The van der Waals surface area contributed by atoms with Crippen LogP contribution in [0, 0.1) is 10.8 Å². The number of aliphatic imine (C=N–C) groups is 2. The highest BCUT2D eigenvalue weighted by Gasteiger charge is 2.41. The SMILES string of the molecule is C=C(C)C(=O)O.C=C(C)C(=O)O.CC1(C)CC(N=C=O)CC(C)(CN=C=O)C1.CCOC(N)=O.OCC(O)CO. The van der Waals surface area contributed by atoms with Crippen LogP contribution in [-0.2, 0) is 23.9 Å². The van der Waals surface area contributed by atoms with E-state index in [1.165, 1.54) is 13.8 Å². The largest absolute Gasteiger partial charge is 0.478 e. The first-order chi connectivity index (χ1) is 18.3. The molecule has 0 saturated heterocycles. The number of carbonyl (C=O) groups is 3. The molecule has 1 fully saturated rings. The molecule has 0 aromatic rings. The van der Waals surface area contributed by atoms with Gasteiger partial charge in [-0.3, -0.25) is 0 Å². The molecule has 40 heavy (non-hydrogen) atoms. The molecule has 1 amide bonds. The molecule has 14 nitrogen and oxygen atoms in total. The molecule has 0 spiro atoms. The smallest absolute Gasteiger partial charge is 0.404 e. The van der Waals surface area contributed by atoms with Gasteiger partial charge in [-0.2, -0.15) is 0 Å². The van der Waals surface area contributed by atoms with Crippen molar-refractivity contribution in [2.75, 3.05) is 26.4 Å². The maximum Gasteiger partial charge on any atom is 0.404 e. The summed E-state index contributed by atoms with van der Waals surface area (Å²) in [5.41, 5.74) is 4.95. The van der Waals surface area contributed by atoms with Gasteiger partial charge in [0.1, 0.15) is 6.10 Å². The Bertz CT molecular complexity index is 840. The predicted molar refractivity (Wildman–Crippen MR) is 147 cm³/mol. The van der Waals surface area contributed by atoms with E-state index in [1.807, 2.05) is 0 Å². The van der Waals surface area contributed by atoms with Crippen LogP contribution in [-0.4, -0.2) is 94.2 Å². The van der Waals surface area contributed by atoms with Gasteiger partial charge in [0.15, 0.2) is 0 Å². The van der Waals surface area contributed by atoms with Crippen LogP contribution >= 0.6 is 0 Å². The fourth-order valence-electron chi connectivity index (χ4n) is 3.29. The number of carboxylic acids is 2. The van der Waals surface area contributed by atoms with E-state index in [9.17, 15) is 24.0 Å². The van der Waals surface area contributed by atoms with Crippen molar-refractivity contribution in [1.82, 2.24) is 0 Å². The summed E-state index contributed by atoms with van der Waals surface area (Å²) in [5, 5.41) is 39.8. The van der Waals surface area contributed by atoms with Crippen LogP contribution in [0.15, 0.2) is 34.3 Å².